The maximum Gasteiger partial charge on any atom is 0.272 e. The van der Waals surface area contributed by atoms with Gasteiger partial charge in [-0.15, -0.1) is 0 Å². The summed E-state index contributed by atoms with van der Waals surface area (Å²) in [6.45, 7) is 8.22. The van der Waals surface area contributed by atoms with Crippen molar-refractivity contribution >= 4 is 11.6 Å². The molecule has 4 rings (SSSR count). The molecule has 2 aromatic rings. The molecule has 0 aromatic heterocycles. The molecule has 148 valence electrons. The van der Waals surface area contributed by atoms with Crippen molar-refractivity contribution in [3.05, 3.63) is 59.7 Å². The standard InChI is InChI=1S/C23H27NO4/c1-23(2,3)17-10-7-11-18-21(17)28-20(16-8-5-4-6-9-16)22(25)24(18)13-12-19-26-14-15-27-19/h4-11,19-20H,12-15H2,1-3H3. The maximum atomic E-state index is 13.4. The Bertz CT molecular complexity index is 837. The van der Waals surface area contributed by atoms with Gasteiger partial charge in [0.05, 0.1) is 18.9 Å². The summed E-state index contributed by atoms with van der Waals surface area (Å²) in [6, 6.07) is 15.7. The van der Waals surface area contributed by atoms with Gasteiger partial charge in [-0.3, -0.25) is 4.79 Å². The van der Waals surface area contributed by atoms with Crippen molar-refractivity contribution in [1.82, 2.24) is 0 Å². The van der Waals surface area contributed by atoms with Crippen LogP contribution in [-0.4, -0.2) is 32.0 Å². The van der Waals surface area contributed by atoms with Gasteiger partial charge in [-0.1, -0.05) is 63.2 Å². The Balaban J connectivity index is 1.73. The summed E-state index contributed by atoms with van der Waals surface area (Å²) in [5, 5.41) is 0. The molecule has 0 N–H and O–H groups in total. The molecule has 0 aliphatic carbocycles. The van der Waals surface area contributed by atoms with Crippen molar-refractivity contribution in [2.45, 2.75) is 45.0 Å². The van der Waals surface area contributed by atoms with Gasteiger partial charge < -0.3 is 19.1 Å². The van der Waals surface area contributed by atoms with E-state index in [-0.39, 0.29) is 17.6 Å². The first kappa shape index (κ1) is 19.0. The molecule has 28 heavy (non-hydrogen) atoms. The topological polar surface area (TPSA) is 48.0 Å². The van der Waals surface area contributed by atoms with Crippen molar-refractivity contribution in [3.63, 3.8) is 0 Å². The van der Waals surface area contributed by atoms with E-state index in [0.29, 0.717) is 26.2 Å². The summed E-state index contributed by atoms with van der Waals surface area (Å²) in [5.41, 5.74) is 2.68. The van der Waals surface area contributed by atoms with Crippen LogP contribution in [-0.2, 0) is 19.7 Å². The summed E-state index contributed by atoms with van der Waals surface area (Å²) in [7, 11) is 0. The Morgan fingerprint density at radius 2 is 1.71 bits per heavy atom. The maximum absolute atomic E-state index is 13.4. The van der Waals surface area contributed by atoms with Crippen LogP contribution in [0.5, 0.6) is 5.75 Å². The SMILES string of the molecule is CC(C)(C)c1cccc2c1OC(c1ccccc1)C(=O)N2CCC1OCCO1. The fraction of sp³-hybridized carbons (Fsp3) is 0.435. The molecule has 1 saturated heterocycles. The van der Waals surface area contributed by atoms with Gasteiger partial charge in [-0.05, 0) is 11.5 Å². The Hall–Kier alpha value is -2.37. The zero-order chi connectivity index (χ0) is 19.7. The highest BCUT2D eigenvalue weighted by Gasteiger charge is 2.38. The predicted molar refractivity (Wildman–Crippen MR) is 108 cm³/mol. The molecule has 0 radical (unpaired) electrons. The van der Waals surface area contributed by atoms with Crippen molar-refractivity contribution in [3.8, 4) is 5.75 Å². The zero-order valence-electron chi connectivity index (χ0n) is 16.7. The number of nitrogens with zero attached hydrogens (tertiary/aromatic N) is 1. The molecule has 1 atom stereocenters. The van der Waals surface area contributed by atoms with Gasteiger partial charge in [0.2, 0.25) is 6.10 Å². The first-order valence-electron chi connectivity index (χ1n) is 9.85. The molecule has 0 saturated carbocycles. The van der Waals surface area contributed by atoms with Crippen molar-refractivity contribution in [2.24, 2.45) is 0 Å². The number of rotatable bonds is 4. The molecule has 1 unspecified atom stereocenters. The van der Waals surface area contributed by atoms with Crippen LogP contribution in [0.25, 0.3) is 0 Å². The van der Waals surface area contributed by atoms with E-state index in [1.54, 1.807) is 0 Å². The summed E-state index contributed by atoms with van der Waals surface area (Å²) >= 11 is 0. The fourth-order valence-corrected chi connectivity index (χ4v) is 3.76. The molecule has 5 nitrogen and oxygen atoms in total. The van der Waals surface area contributed by atoms with Crippen LogP contribution in [0.2, 0.25) is 0 Å². The minimum Gasteiger partial charge on any atom is -0.473 e. The molecule has 0 spiro atoms. The van der Waals surface area contributed by atoms with Gasteiger partial charge in [-0.25, -0.2) is 0 Å². The first-order valence-corrected chi connectivity index (χ1v) is 9.85. The minimum absolute atomic E-state index is 0.0530. The normalized spacial score (nSPS) is 20.2. The molecule has 2 aromatic carbocycles. The number of benzene rings is 2. The van der Waals surface area contributed by atoms with Gasteiger partial charge in [0.1, 0.15) is 5.75 Å². The van der Waals surface area contributed by atoms with E-state index < -0.39 is 6.10 Å². The molecule has 2 aliphatic heterocycles. The monoisotopic (exact) mass is 381 g/mol. The summed E-state index contributed by atoms with van der Waals surface area (Å²) < 4.78 is 17.5. The summed E-state index contributed by atoms with van der Waals surface area (Å²) in [6.07, 6.45) is -0.269. The van der Waals surface area contributed by atoms with Gasteiger partial charge >= 0.3 is 0 Å². The second kappa shape index (κ2) is 7.57. The fourth-order valence-electron chi connectivity index (χ4n) is 3.76. The molecular formula is C23H27NO4. The second-order valence-corrected chi connectivity index (χ2v) is 8.26. The average molecular weight is 381 g/mol. The lowest BCUT2D eigenvalue weighted by Gasteiger charge is -2.37. The lowest BCUT2D eigenvalue weighted by Crippen LogP contribution is -2.43. The number of carbonyl (C=O) groups excluding carboxylic acids is 1. The lowest BCUT2D eigenvalue weighted by molar-refractivity contribution is -0.127. The molecule has 1 fully saturated rings. The lowest BCUT2D eigenvalue weighted by atomic mass is 9.85. The third-order valence-corrected chi connectivity index (χ3v) is 5.20. The van der Waals surface area contributed by atoms with Gasteiger partial charge in [0.15, 0.2) is 6.29 Å². The van der Waals surface area contributed by atoms with E-state index in [4.69, 9.17) is 14.2 Å². The largest absolute Gasteiger partial charge is 0.473 e. The van der Waals surface area contributed by atoms with Crippen molar-refractivity contribution in [2.75, 3.05) is 24.7 Å². The third-order valence-electron chi connectivity index (χ3n) is 5.20. The number of para-hydroxylation sites is 1. The Labute approximate surface area is 166 Å². The quantitative estimate of drug-likeness (QED) is 0.796. The van der Waals surface area contributed by atoms with Crippen LogP contribution in [0.1, 0.15) is 44.4 Å². The predicted octanol–water partition coefficient (Wildman–Crippen LogP) is 4.21. The van der Waals surface area contributed by atoms with Crippen LogP contribution in [0.15, 0.2) is 48.5 Å². The van der Waals surface area contributed by atoms with E-state index >= 15 is 0 Å². The van der Waals surface area contributed by atoms with E-state index in [1.807, 2.05) is 47.4 Å². The van der Waals surface area contributed by atoms with Crippen molar-refractivity contribution in [1.29, 1.82) is 0 Å². The molecule has 1 amide bonds. The summed E-state index contributed by atoms with van der Waals surface area (Å²) in [5.74, 6) is 0.736. The number of anilines is 1. The van der Waals surface area contributed by atoms with Crippen molar-refractivity contribution < 1.29 is 19.0 Å². The van der Waals surface area contributed by atoms with Crippen LogP contribution in [0, 0.1) is 0 Å². The average Bonchev–Trinajstić information content (AvgIpc) is 3.20. The molecule has 0 bridgehead atoms. The van der Waals surface area contributed by atoms with Gasteiger partial charge in [-0.2, -0.15) is 0 Å². The zero-order valence-corrected chi connectivity index (χ0v) is 16.7. The van der Waals surface area contributed by atoms with E-state index in [2.05, 4.69) is 26.8 Å². The number of hydrogen-bond acceptors (Lipinski definition) is 4. The minimum atomic E-state index is -0.650. The number of ether oxygens (including phenoxy) is 3. The van der Waals surface area contributed by atoms with Gasteiger partial charge in [0.25, 0.3) is 5.91 Å². The van der Waals surface area contributed by atoms with Crippen LogP contribution in [0.3, 0.4) is 0 Å². The van der Waals surface area contributed by atoms with Gasteiger partial charge in [0, 0.05) is 24.1 Å². The molecule has 2 heterocycles. The second-order valence-electron chi connectivity index (χ2n) is 8.26. The highest BCUT2D eigenvalue weighted by molar-refractivity contribution is 6.01. The number of carbonyl (C=O) groups is 1. The third kappa shape index (κ3) is 3.64. The molecule has 5 heteroatoms. The molecule has 2 aliphatic rings. The van der Waals surface area contributed by atoms with Crippen LogP contribution in [0.4, 0.5) is 5.69 Å². The number of hydrogen-bond donors (Lipinski definition) is 0. The Morgan fingerprint density at radius 1 is 1.00 bits per heavy atom. The summed E-state index contributed by atoms with van der Waals surface area (Å²) in [4.78, 5) is 15.2. The van der Waals surface area contributed by atoms with E-state index in [0.717, 1.165) is 22.6 Å². The number of fused-ring (bicyclic) bond motifs is 1. The highest BCUT2D eigenvalue weighted by Crippen LogP contribution is 2.45. The van der Waals surface area contributed by atoms with Crippen LogP contribution >= 0.6 is 0 Å². The Morgan fingerprint density at radius 3 is 2.39 bits per heavy atom. The van der Waals surface area contributed by atoms with E-state index in [1.165, 1.54) is 0 Å². The number of amides is 1. The van der Waals surface area contributed by atoms with Crippen LogP contribution < -0.4 is 9.64 Å². The first-order chi connectivity index (χ1) is 13.4. The van der Waals surface area contributed by atoms with E-state index in [9.17, 15) is 4.79 Å². The smallest absolute Gasteiger partial charge is 0.272 e. The molecular weight excluding hydrogens is 354 g/mol. The highest BCUT2D eigenvalue weighted by atomic mass is 16.7. The Kier molecular flexibility index (Phi) is 5.13.